The van der Waals surface area contributed by atoms with Crippen molar-refractivity contribution in [2.75, 3.05) is 5.32 Å². The third-order valence-electron chi connectivity index (χ3n) is 2.66. The van der Waals surface area contributed by atoms with Crippen LogP contribution in [0.2, 0.25) is 5.02 Å². The van der Waals surface area contributed by atoms with Crippen LogP contribution in [0.1, 0.15) is 20.7 Å². The van der Waals surface area contributed by atoms with Crippen LogP contribution in [0.4, 0.5) is 11.5 Å². The summed E-state index contributed by atoms with van der Waals surface area (Å²) in [5.41, 5.74) is -0.215. The van der Waals surface area contributed by atoms with Crippen LogP contribution in [0.3, 0.4) is 0 Å². The van der Waals surface area contributed by atoms with Crippen molar-refractivity contribution in [1.29, 1.82) is 0 Å². The maximum absolute atomic E-state index is 12.0. The second kappa shape index (κ2) is 6.19. The quantitative estimate of drug-likeness (QED) is 0.659. The molecule has 0 radical (unpaired) electrons. The molecule has 0 spiro atoms. The van der Waals surface area contributed by atoms with E-state index in [-0.39, 0.29) is 27.7 Å². The lowest BCUT2D eigenvalue weighted by atomic mass is 10.2. The average molecular weight is 322 g/mol. The molecule has 0 fully saturated rings. The van der Waals surface area contributed by atoms with E-state index in [1.165, 1.54) is 18.2 Å². The van der Waals surface area contributed by atoms with Gasteiger partial charge in [0, 0.05) is 18.3 Å². The number of carboxylic acid groups (broad SMARTS) is 1. The molecule has 2 aromatic rings. The van der Waals surface area contributed by atoms with Crippen molar-refractivity contribution < 1.29 is 19.6 Å². The van der Waals surface area contributed by atoms with E-state index < -0.39 is 16.8 Å². The highest BCUT2D eigenvalue weighted by Crippen LogP contribution is 2.23. The fraction of sp³-hybridized carbons (Fsp3) is 0. The summed E-state index contributed by atoms with van der Waals surface area (Å²) in [6, 6.07) is 6.05. The van der Waals surface area contributed by atoms with E-state index in [4.69, 9.17) is 16.7 Å². The third kappa shape index (κ3) is 3.36. The summed E-state index contributed by atoms with van der Waals surface area (Å²) in [6.07, 6.45) is 1.09. The molecule has 8 nitrogen and oxygen atoms in total. The van der Waals surface area contributed by atoms with Gasteiger partial charge < -0.3 is 10.4 Å². The molecule has 1 aromatic carbocycles. The van der Waals surface area contributed by atoms with E-state index in [0.717, 1.165) is 18.3 Å². The summed E-state index contributed by atoms with van der Waals surface area (Å²) < 4.78 is 0. The number of amides is 1. The van der Waals surface area contributed by atoms with E-state index >= 15 is 0 Å². The largest absolute Gasteiger partial charge is 0.478 e. The number of hydrogen-bond acceptors (Lipinski definition) is 5. The van der Waals surface area contributed by atoms with Gasteiger partial charge in [-0.2, -0.15) is 0 Å². The predicted molar refractivity (Wildman–Crippen MR) is 77.3 cm³/mol. The van der Waals surface area contributed by atoms with Crippen LogP contribution in [0.15, 0.2) is 36.5 Å². The van der Waals surface area contributed by atoms with Crippen LogP contribution in [0.25, 0.3) is 0 Å². The summed E-state index contributed by atoms with van der Waals surface area (Å²) in [5.74, 6) is -1.62. The fourth-order valence-electron chi connectivity index (χ4n) is 1.58. The number of aromatic nitrogens is 1. The number of nitro groups is 1. The number of carbonyl (C=O) groups is 2. The second-order valence-electron chi connectivity index (χ2n) is 4.11. The van der Waals surface area contributed by atoms with E-state index in [1.54, 1.807) is 0 Å². The number of nitro benzene ring substituents is 1. The molecule has 0 aliphatic carbocycles. The lowest BCUT2D eigenvalue weighted by Gasteiger charge is -2.06. The number of carboxylic acids is 1. The van der Waals surface area contributed by atoms with Gasteiger partial charge in [0.15, 0.2) is 0 Å². The van der Waals surface area contributed by atoms with Crippen molar-refractivity contribution >= 4 is 35.0 Å². The first kappa shape index (κ1) is 15.4. The van der Waals surface area contributed by atoms with Gasteiger partial charge in [-0.25, -0.2) is 9.78 Å². The average Bonchev–Trinajstić information content (AvgIpc) is 2.47. The van der Waals surface area contributed by atoms with E-state index in [1.807, 2.05) is 0 Å². The molecule has 0 aliphatic heterocycles. The molecule has 0 saturated heterocycles. The number of benzene rings is 1. The number of non-ortho nitro benzene ring substituents is 1. The van der Waals surface area contributed by atoms with Crippen molar-refractivity contribution in [2.24, 2.45) is 0 Å². The zero-order valence-corrected chi connectivity index (χ0v) is 11.6. The molecule has 9 heteroatoms. The first-order chi connectivity index (χ1) is 10.4. The summed E-state index contributed by atoms with van der Waals surface area (Å²) in [4.78, 5) is 36.5. The number of hydrogen-bond donors (Lipinski definition) is 2. The SMILES string of the molecule is O=C(O)c1ccc(NC(=O)c2ccc([N+](=O)[O-])cc2Cl)nc1. The number of carbonyl (C=O) groups excluding carboxylic acids is 1. The number of pyridine rings is 1. The zero-order chi connectivity index (χ0) is 16.3. The van der Waals surface area contributed by atoms with Crippen LogP contribution in [-0.2, 0) is 0 Å². The van der Waals surface area contributed by atoms with Gasteiger partial charge in [0.2, 0.25) is 0 Å². The summed E-state index contributed by atoms with van der Waals surface area (Å²) in [5, 5.41) is 21.7. The predicted octanol–water partition coefficient (Wildman–Crippen LogP) is 2.59. The monoisotopic (exact) mass is 321 g/mol. The van der Waals surface area contributed by atoms with E-state index in [2.05, 4.69) is 10.3 Å². The van der Waals surface area contributed by atoms with Crippen LogP contribution < -0.4 is 5.32 Å². The highest BCUT2D eigenvalue weighted by atomic mass is 35.5. The van der Waals surface area contributed by atoms with E-state index in [0.29, 0.717) is 0 Å². The lowest BCUT2D eigenvalue weighted by Crippen LogP contribution is -2.14. The number of anilines is 1. The number of nitrogens with zero attached hydrogens (tertiary/aromatic N) is 2. The van der Waals surface area contributed by atoms with Crippen molar-refractivity contribution in [3.05, 3.63) is 62.8 Å². The smallest absolute Gasteiger partial charge is 0.337 e. The van der Waals surface area contributed by atoms with Crippen LogP contribution in [-0.4, -0.2) is 26.9 Å². The van der Waals surface area contributed by atoms with Gasteiger partial charge in [-0.15, -0.1) is 0 Å². The Balaban J connectivity index is 2.18. The van der Waals surface area contributed by atoms with Crippen LogP contribution in [0, 0.1) is 10.1 Å². The molecule has 0 aliphatic rings. The molecule has 0 unspecified atom stereocenters. The van der Waals surface area contributed by atoms with Gasteiger partial charge in [-0.05, 0) is 18.2 Å². The molecule has 1 amide bonds. The Morgan fingerprint density at radius 2 is 2.00 bits per heavy atom. The second-order valence-corrected chi connectivity index (χ2v) is 4.52. The van der Waals surface area contributed by atoms with Crippen LogP contribution >= 0.6 is 11.6 Å². The number of aromatic carboxylic acids is 1. The first-order valence-electron chi connectivity index (χ1n) is 5.83. The van der Waals surface area contributed by atoms with Gasteiger partial charge in [0.05, 0.1) is 21.1 Å². The van der Waals surface area contributed by atoms with Crippen molar-refractivity contribution in [3.63, 3.8) is 0 Å². The highest BCUT2D eigenvalue weighted by Gasteiger charge is 2.15. The molecule has 22 heavy (non-hydrogen) atoms. The molecule has 0 atom stereocenters. The molecule has 112 valence electrons. The Kier molecular flexibility index (Phi) is 4.33. The minimum atomic E-state index is -1.14. The fourth-order valence-corrected chi connectivity index (χ4v) is 1.84. The maximum atomic E-state index is 12.0. The Morgan fingerprint density at radius 1 is 1.27 bits per heavy atom. The Labute approximate surface area is 128 Å². The molecule has 0 saturated carbocycles. The number of rotatable bonds is 4. The Bertz CT molecular complexity index is 761. The Morgan fingerprint density at radius 3 is 2.50 bits per heavy atom. The van der Waals surface area contributed by atoms with Gasteiger partial charge in [0.25, 0.3) is 11.6 Å². The normalized spacial score (nSPS) is 10.0. The van der Waals surface area contributed by atoms with Gasteiger partial charge in [-0.1, -0.05) is 11.6 Å². The first-order valence-corrected chi connectivity index (χ1v) is 6.21. The molecule has 0 bridgehead atoms. The molecule has 2 rings (SSSR count). The molecule has 2 N–H and O–H groups in total. The lowest BCUT2D eigenvalue weighted by molar-refractivity contribution is -0.384. The van der Waals surface area contributed by atoms with Crippen molar-refractivity contribution in [3.8, 4) is 0 Å². The maximum Gasteiger partial charge on any atom is 0.337 e. The topological polar surface area (TPSA) is 122 Å². The highest BCUT2D eigenvalue weighted by molar-refractivity contribution is 6.34. The number of halogens is 1. The van der Waals surface area contributed by atoms with Crippen molar-refractivity contribution in [1.82, 2.24) is 4.98 Å². The Hall–Kier alpha value is -3.00. The summed E-state index contributed by atoms with van der Waals surface area (Å²) in [7, 11) is 0. The van der Waals surface area contributed by atoms with Crippen molar-refractivity contribution in [2.45, 2.75) is 0 Å². The zero-order valence-electron chi connectivity index (χ0n) is 10.8. The standard InChI is InChI=1S/C13H8ClN3O5/c14-10-5-8(17(21)22)2-3-9(10)12(18)16-11-4-1-7(6-15-11)13(19)20/h1-6H,(H,19,20)(H,15,16,18). The number of nitrogens with one attached hydrogen (secondary N) is 1. The summed E-state index contributed by atoms with van der Waals surface area (Å²) >= 11 is 5.84. The molecular formula is C13H8ClN3O5. The van der Waals surface area contributed by atoms with Gasteiger partial charge in [0.1, 0.15) is 5.82 Å². The van der Waals surface area contributed by atoms with E-state index in [9.17, 15) is 19.7 Å². The van der Waals surface area contributed by atoms with Crippen LogP contribution in [0.5, 0.6) is 0 Å². The minimum Gasteiger partial charge on any atom is -0.478 e. The molecule has 1 aromatic heterocycles. The molecular weight excluding hydrogens is 314 g/mol. The molecule has 1 heterocycles. The third-order valence-corrected chi connectivity index (χ3v) is 2.97. The summed E-state index contributed by atoms with van der Waals surface area (Å²) in [6.45, 7) is 0. The van der Waals surface area contributed by atoms with Gasteiger partial charge >= 0.3 is 5.97 Å². The van der Waals surface area contributed by atoms with Gasteiger partial charge in [-0.3, -0.25) is 14.9 Å². The minimum absolute atomic E-state index is 0.0219.